The summed E-state index contributed by atoms with van der Waals surface area (Å²) in [5, 5.41) is 8.93. The molecule has 16 heavy (non-hydrogen) atoms. The summed E-state index contributed by atoms with van der Waals surface area (Å²) in [6.07, 6.45) is -9.87. The largest absolute Gasteiger partial charge is 0.505 e. The van der Waals surface area contributed by atoms with Crippen LogP contribution in [-0.2, 0) is 12.4 Å². The molecule has 3 N–H and O–H groups in total. The highest BCUT2D eigenvalue weighted by molar-refractivity contribution is 5.63. The molecule has 1 aromatic carbocycles. The first-order valence-electron chi connectivity index (χ1n) is 3.81. The lowest BCUT2D eigenvalue weighted by molar-refractivity contribution is -0.141. The number of phenols is 1. The van der Waals surface area contributed by atoms with Gasteiger partial charge in [-0.05, 0) is 12.1 Å². The Hall–Kier alpha value is -1.60. The van der Waals surface area contributed by atoms with Gasteiger partial charge < -0.3 is 10.8 Å². The van der Waals surface area contributed by atoms with Crippen molar-refractivity contribution in [3.8, 4) is 5.75 Å². The molecule has 0 aliphatic heterocycles. The lowest BCUT2D eigenvalue weighted by atomic mass is 10.1. The van der Waals surface area contributed by atoms with E-state index in [-0.39, 0.29) is 12.1 Å². The van der Waals surface area contributed by atoms with Crippen LogP contribution in [-0.4, -0.2) is 5.11 Å². The van der Waals surface area contributed by atoms with Crippen LogP contribution in [0, 0.1) is 0 Å². The number of benzene rings is 1. The van der Waals surface area contributed by atoms with E-state index in [1.807, 2.05) is 0 Å². The van der Waals surface area contributed by atoms with Crippen LogP contribution in [0.5, 0.6) is 5.75 Å². The smallest absolute Gasteiger partial charge is 0.420 e. The molecule has 0 aliphatic rings. The topological polar surface area (TPSA) is 46.2 Å². The van der Waals surface area contributed by atoms with Crippen molar-refractivity contribution in [1.82, 2.24) is 0 Å². The van der Waals surface area contributed by atoms with E-state index in [1.165, 1.54) is 0 Å². The molecule has 0 saturated heterocycles. The maximum absolute atomic E-state index is 12.2. The van der Waals surface area contributed by atoms with Crippen molar-refractivity contribution in [3.05, 3.63) is 23.3 Å². The van der Waals surface area contributed by atoms with Crippen molar-refractivity contribution in [3.63, 3.8) is 0 Å². The molecule has 0 bridgehead atoms. The molecule has 1 rings (SSSR count). The number of nitrogen functional groups attached to an aromatic ring is 1. The van der Waals surface area contributed by atoms with Gasteiger partial charge in [-0.3, -0.25) is 0 Å². The van der Waals surface area contributed by atoms with Crippen LogP contribution >= 0.6 is 0 Å². The number of hydrogen-bond acceptors (Lipinski definition) is 2. The Morgan fingerprint density at radius 1 is 0.875 bits per heavy atom. The van der Waals surface area contributed by atoms with Crippen molar-refractivity contribution < 1.29 is 31.4 Å². The molecule has 0 unspecified atom stereocenters. The summed E-state index contributed by atoms with van der Waals surface area (Å²) in [6, 6.07) is 0.312. The van der Waals surface area contributed by atoms with Gasteiger partial charge in [0.25, 0.3) is 0 Å². The number of nitrogens with two attached hydrogens (primary N) is 1. The molecule has 90 valence electrons. The molecular weight excluding hydrogens is 240 g/mol. The minimum Gasteiger partial charge on any atom is -0.505 e. The normalized spacial score (nSPS) is 12.9. The van der Waals surface area contributed by atoms with Crippen LogP contribution in [0.2, 0.25) is 0 Å². The number of rotatable bonds is 0. The highest BCUT2D eigenvalue weighted by Crippen LogP contribution is 2.44. The molecule has 0 saturated carbocycles. The zero-order valence-electron chi connectivity index (χ0n) is 7.45. The molecule has 0 radical (unpaired) electrons. The minimum atomic E-state index is -4.96. The first kappa shape index (κ1) is 12.5. The van der Waals surface area contributed by atoms with E-state index in [9.17, 15) is 26.3 Å². The second-order valence-corrected chi connectivity index (χ2v) is 2.92. The van der Waals surface area contributed by atoms with E-state index in [0.29, 0.717) is 0 Å². The summed E-state index contributed by atoms with van der Waals surface area (Å²) in [5.74, 6) is -1.61. The Balaban J connectivity index is 3.41. The molecule has 0 fully saturated rings. The van der Waals surface area contributed by atoms with Gasteiger partial charge in [-0.1, -0.05) is 0 Å². The van der Waals surface area contributed by atoms with Crippen molar-refractivity contribution >= 4 is 5.69 Å². The number of hydrogen-bond donors (Lipinski definition) is 2. The van der Waals surface area contributed by atoms with Gasteiger partial charge in [0.15, 0.2) is 5.75 Å². The molecule has 0 aromatic heterocycles. The Morgan fingerprint density at radius 2 is 1.25 bits per heavy atom. The number of anilines is 1. The summed E-state index contributed by atoms with van der Waals surface area (Å²) in [5.41, 5.74) is 0.364. The van der Waals surface area contributed by atoms with Gasteiger partial charge in [-0.25, -0.2) is 0 Å². The minimum absolute atomic E-state index is 0.133. The number of alkyl halides is 6. The fourth-order valence-electron chi connectivity index (χ4n) is 1.08. The summed E-state index contributed by atoms with van der Waals surface area (Å²) in [6.45, 7) is 0. The van der Waals surface area contributed by atoms with Gasteiger partial charge >= 0.3 is 12.4 Å². The van der Waals surface area contributed by atoms with Crippen molar-refractivity contribution in [2.45, 2.75) is 12.4 Å². The van der Waals surface area contributed by atoms with Gasteiger partial charge in [-0.15, -0.1) is 0 Å². The van der Waals surface area contributed by atoms with E-state index in [4.69, 9.17) is 10.8 Å². The summed E-state index contributed by atoms with van der Waals surface area (Å²) < 4.78 is 73.0. The van der Waals surface area contributed by atoms with E-state index in [2.05, 4.69) is 0 Å². The van der Waals surface area contributed by atoms with Gasteiger partial charge in [0.05, 0.1) is 16.8 Å². The van der Waals surface area contributed by atoms with Crippen LogP contribution < -0.4 is 5.73 Å². The second-order valence-electron chi connectivity index (χ2n) is 2.92. The van der Waals surface area contributed by atoms with Crippen molar-refractivity contribution in [1.29, 1.82) is 0 Å². The Kier molecular flexibility index (Phi) is 2.70. The van der Waals surface area contributed by atoms with Crippen LogP contribution in [0.4, 0.5) is 32.0 Å². The van der Waals surface area contributed by atoms with Gasteiger partial charge in [0.1, 0.15) is 0 Å². The fourth-order valence-corrected chi connectivity index (χ4v) is 1.08. The summed E-state index contributed by atoms with van der Waals surface area (Å²) >= 11 is 0. The molecule has 0 heterocycles. The number of phenolic OH excluding ortho intramolecular Hbond substituents is 1. The third kappa shape index (κ3) is 2.15. The van der Waals surface area contributed by atoms with E-state index in [0.717, 1.165) is 0 Å². The molecule has 0 aliphatic carbocycles. The zero-order chi connectivity index (χ0) is 12.7. The van der Waals surface area contributed by atoms with Crippen LogP contribution in [0.15, 0.2) is 12.1 Å². The van der Waals surface area contributed by atoms with Crippen molar-refractivity contribution in [2.75, 3.05) is 5.73 Å². The monoisotopic (exact) mass is 245 g/mol. The van der Waals surface area contributed by atoms with Gasteiger partial charge in [-0.2, -0.15) is 26.3 Å². The predicted molar refractivity (Wildman–Crippen MR) is 42.5 cm³/mol. The third-order valence-electron chi connectivity index (χ3n) is 1.83. The Morgan fingerprint density at radius 3 is 1.62 bits per heavy atom. The number of aromatic hydroxyl groups is 1. The maximum Gasteiger partial charge on any atom is 0.420 e. The quantitative estimate of drug-likeness (QED) is 0.419. The van der Waals surface area contributed by atoms with E-state index < -0.39 is 34.9 Å². The molecule has 0 spiro atoms. The lowest BCUT2D eigenvalue weighted by Gasteiger charge is -2.15. The van der Waals surface area contributed by atoms with E-state index in [1.54, 1.807) is 0 Å². The van der Waals surface area contributed by atoms with Crippen LogP contribution in [0.3, 0.4) is 0 Å². The molecule has 0 amide bonds. The van der Waals surface area contributed by atoms with Gasteiger partial charge in [0.2, 0.25) is 0 Å². The second kappa shape index (κ2) is 3.46. The van der Waals surface area contributed by atoms with Gasteiger partial charge in [0, 0.05) is 0 Å². The molecule has 8 heteroatoms. The lowest BCUT2D eigenvalue weighted by Crippen LogP contribution is -2.12. The predicted octanol–water partition coefficient (Wildman–Crippen LogP) is 3.01. The molecular formula is C8H5F6NO. The van der Waals surface area contributed by atoms with Crippen LogP contribution in [0.25, 0.3) is 0 Å². The molecule has 1 aromatic rings. The number of halogens is 6. The van der Waals surface area contributed by atoms with Crippen molar-refractivity contribution in [2.24, 2.45) is 0 Å². The zero-order valence-corrected chi connectivity index (χ0v) is 7.45. The summed E-state index contributed by atoms with van der Waals surface area (Å²) in [4.78, 5) is 0. The SMILES string of the molecule is Nc1c(C(F)(F)F)ccc(C(F)(F)F)c1O. The molecule has 2 nitrogen and oxygen atoms in total. The highest BCUT2D eigenvalue weighted by Gasteiger charge is 2.39. The van der Waals surface area contributed by atoms with E-state index >= 15 is 0 Å². The summed E-state index contributed by atoms with van der Waals surface area (Å²) in [7, 11) is 0. The first-order valence-corrected chi connectivity index (χ1v) is 3.81. The average molecular weight is 245 g/mol. The maximum atomic E-state index is 12.2. The Bertz CT molecular complexity index is 369. The Labute approximate surface area is 85.3 Å². The fraction of sp³-hybridized carbons (Fsp3) is 0.250. The first-order chi connectivity index (χ1) is 7.05. The third-order valence-corrected chi connectivity index (χ3v) is 1.83. The average Bonchev–Trinajstić information content (AvgIpc) is 2.05. The standard InChI is InChI=1S/C8H5F6NO/c9-7(10,11)3-1-2-4(8(12,13)14)6(16)5(3)15/h1-2,16H,15H2. The van der Waals surface area contributed by atoms with Crippen LogP contribution in [0.1, 0.15) is 11.1 Å². The highest BCUT2D eigenvalue weighted by atomic mass is 19.4. The molecule has 0 atom stereocenters.